The van der Waals surface area contributed by atoms with E-state index in [0.717, 1.165) is 0 Å². The molecule has 5 nitrogen and oxygen atoms in total. The van der Waals surface area contributed by atoms with Crippen LogP contribution >= 0.6 is 0 Å². The molecule has 0 bridgehead atoms. The summed E-state index contributed by atoms with van der Waals surface area (Å²) in [5.74, 6) is 0.680. The highest BCUT2D eigenvalue weighted by molar-refractivity contribution is 5.37. The summed E-state index contributed by atoms with van der Waals surface area (Å²) in [5.41, 5.74) is -1.62. The molecule has 0 aliphatic carbocycles. The summed E-state index contributed by atoms with van der Waals surface area (Å²) >= 11 is 0. The fourth-order valence-electron chi connectivity index (χ4n) is 1.83. The first-order valence-corrected chi connectivity index (χ1v) is 5.03. The highest BCUT2D eigenvalue weighted by atomic mass is 16.5. The molecule has 2 heterocycles. The maximum atomic E-state index is 11.5. The Bertz CT molecular complexity index is 474. The number of hydrogen-bond acceptors (Lipinski definition) is 5. The largest absolute Gasteiger partial charge is 0.484 e. The first-order chi connectivity index (χ1) is 7.33. The lowest BCUT2D eigenvalue weighted by Gasteiger charge is -2.39. The molecule has 0 saturated heterocycles. The van der Waals surface area contributed by atoms with E-state index in [1.165, 1.54) is 6.07 Å². The van der Waals surface area contributed by atoms with E-state index in [4.69, 9.17) is 9.15 Å². The number of rotatable bonds is 0. The smallest absolute Gasteiger partial charge is 0.345 e. The molecule has 0 unspecified atom stereocenters. The monoisotopic (exact) mass is 226 g/mol. The zero-order valence-electron chi connectivity index (χ0n) is 9.35. The highest BCUT2D eigenvalue weighted by Gasteiger charge is 2.44. The Morgan fingerprint density at radius 2 is 2.00 bits per heavy atom. The first kappa shape index (κ1) is 11.2. The Hall–Kier alpha value is -1.33. The highest BCUT2D eigenvalue weighted by Crippen LogP contribution is 2.37. The SMILES string of the molecule is Cc1cc2c(c(=O)o1)[C@@H](O)[C@@H](O)C(C)(C)O2. The minimum atomic E-state index is -1.28. The van der Waals surface area contributed by atoms with Crippen molar-refractivity contribution in [1.29, 1.82) is 0 Å². The number of ether oxygens (including phenoxy) is 1. The van der Waals surface area contributed by atoms with E-state index >= 15 is 0 Å². The maximum absolute atomic E-state index is 11.5. The predicted molar refractivity (Wildman–Crippen MR) is 55.4 cm³/mol. The zero-order valence-corrected chi connectivity index (χ0v) is 9.35. The third kappa shape index (κ3) is 1.52. The molecule has 2 N–H and O–H groups in total. The lowest BCUT2D eigenvalue weighted by atomic mass is 9.89. The average Bonchev–Trinajstić information content (AvgIpc) is 2.12. The van der Waals surface area contributed by atoms with Crippen molar-refractivity contribution >= 4 is 0 Å². The summed E-state index contributed by atoms with van der Waals surface area (Å²) in [5, 5.41) is 19.6. The van der Waals surface area contributed by atoms with Gasteiger partial charge in [-0.25, -0.2) is 4.79 Å². The first-order valence-electron chi connectivity index (χ1n) is 5.03. The van der Waals surface area contributed by atoms with E-state index in [1.54, 1.807) is 20.8 Å². The second-order valence-corrected chi connectivity index (χ2v) is 4.52. The number of aliphatic hydroxyl groups is 2. The Morgan fingerprint density at radius 3 is 2.62 bits per heavy atom. The van der Waals surface area contributed by atoms with E-state index in [0.29, 0.717) is 5.76 Å². The molecule has 0 saturated carbocycles. The third-order valence-corrected chi connectivity index (χ3v) is 2.75. The number of fused-ring (bicyclic) bond motifs is 1. The Morgan fingerprint density at radius 1 is 1.38 bits per heavy atom. The maximum Gasteiger partial charge on any atom is 0.345 e. The molecule has 0 radical (unpaired) electrons. The summed E-state index contributed by atoms with van der Waals surface area (Å²) in [6.45, 7) is 4.91. The van der Waals surface area contributed by atoms with Gasteiger partial charge in [0.05, 0.1) is 0 Å². The van der Waals surface area contributed by atoms with Crippen molar-refractivity contribution in [2.75, 3.05) is 0 Å². The molecule has 1 aliphatic heterocycles. The van der Waals surface area contributed by atoms with Crippen LogP contribution in [0.4, 0.5) is 0 Å². The molecule has 0 spiro atoms. The van der Waals surface area contributed by atoms with Crippen molar-refractivity contribution in [3.8, 4) is 5.75 Å². The molecule has 0 fully saturated rings. The summed E-state index contributed by atoms with van der Waals surface area (Å²) < 4.78 is 10.3. The van der Waals surface area contributed by atoms with Crippen LogP contribution in [0.3, 0.4) is 0 Å². The minimum absolute atomic E-state index is 0.0163. The summed E-state index contributed by atoms with van der Waals surface area (Å²) in [6.07, 6.45) is -2.44. The van der Waals surface area contributed by atoms with Crippen molar-refractivity contribution in [1.82, 2.24) is 0 Å². The van der Waals surface area contributed by atoms with Gasteiger partial charge >= 0.3 is 5.63 Å². The van der Waals surface area contributed by atoms with Gasteiger partial charge in [0.1, 0.15) is 34.9 Å². The standard InChI is InChI=1S/C11H14O5/c1-5-4-6-7(10(14)15-5)8(12)9(13)11(2,3)16-6/h4,8-9,12-13H,1-3H3/t8-,9-/m1/s1. The van der Waals surface area contributed by atoms with Gasteiger partial charge in [0.15, 0.2) is 0 Å². The van der Waals surface area contributed by atoms with Crippen LogP contribution in [0.5, 0.6) is 5.75 Å². The van der Waals surface area contributed by atoms with Crippen LogP contribution in [-0.2, 0) is 0 Å². The molecule has 2 atom stereocenters. The second-order valence-electron chi connectivity index (χ2n) is 4.52. The molecule has 0 aromatic carbocycles. The van der Waals surface area contributed by atoms with Crippen molar-refractivity contribution in [3.63, 3.8) is 0 Å². The van der Waals surface area contributed by atoms with Crippen LogP contribution in [0.2, 0.25) is 0 Å². The second kappa shape index (κ2) is 3.33. The summed E-state index contributed by atoms with van der Waals surface area (Å²) in [4.78, 5) is 11.5. The van der Waals surface area contributed by atoms with Gasteiger partial charge in [-0.15, -0.1) is 0 Å². The van der Waals surface area contributed by atoms with Crippen LogP contribution in [0.15, 0.2) is 15.3 Å². The van der Waals surface area contributed by atoms with E-state index < -0.39 is 23.4 Å². The van der Waals surface area contributed by atoms with E-state index in [9.17, 15) is 15.0 Å². The Labute approximate surface area is 92.3 Å². The van der Waals surface area contributed by atoms with Gasteiger partial charge in [0, 0.05) is 6.07 Å². The van der Waals surface area contributed by atoms with Gasteiger partial charge < -0.3 is 19.4 Å². The lowest BCUT2D eigenvalue weighted by Crippen LogP contribution is -2.50. The van der Waals surface area contributed by atoms with Crippen LogP contribution in [-0.4, -0.2) is 21.9 Å². The van der Waals surface area contributed by atoms with Gasteiger partial charge in [-0.1, -0.05) is 0 Å². The Kier molecular flexibility index (Phi) is 2.32. The molecule has 5 heteroatoms. The average molecular weight is 226 g/mol. The van der Waals surface area contributed by atoms with E-state index in [1.807, 2.05) is 0 Å². The van der Waals surface area contributed by atoms with Crippen LogP contribution < -0.4 is 10.4 Å². The summed E-state index contributed by atoms with van der Waals surface area (Å²) in [7, 11) is 0. The topological polar surface area (TPSA) is 79.9 Å². The van der Waals surface area contributed by atoms with Crippen LogP contribution in [0.25, 0.3) is 0 Å². The van der Waals surface area contributed by atoms with E-state index in [-0.39, 0.29) is 11.3 Å². The molecule has 1 aromatic heterocycles. The van der Waals surface area contributed by atoms with Crippen molar-refractivity contribution < 1.29 is 19.4 Å². The van der Waals surface area contributed by atoms with Gasteiger partial charge in [0.25, 0.3) is 0 Å². The fraction of sp³-hybridized carbons (Fsp3) is 0.545. The molecule has 0 amide bonds. The van der Waals surface area contributed by atoms with Crippen LogP contribution in [0, 0.1) is 6.92 Å². The summed E-state index contributed by atoms with van der Waals surface area (Å²) in [6, 6.07) is 1.54. The van der Waals surface area contributed by atoms with Crippen LogP contribution in [0.1, 0.15) is 31.3 Å². The van der Waals surface area contributed by atoms with Gasteiger partial charge in [-0.3, -0.25) is 0 Å². The molecule has 88 valence electrons. The molecule has 16 heavy (non-hydrogen) atoms. The fourth-order valence-corrected chi connectivity index (χ4v) is 1.83. The molecular formula is C11H14O5. The minimum Gasteiger partial charge on any atom is -0.484 e. The van der Waals surface area contributed by atoms with Crippen molar-refractivity contribution in [2.24, 2.45) is 0 Å². The molecule has 1 aromatic rings. The number of aliphatic hydroxyl groups excluding tert-OH is 2. The van der Waals surface area contributed by atoms with Crippen molar-refractivity contribution in [3.05, 3.63) is 27.8 Å². The quantitative estimate of drug-likeness (QED) is 0.674. The number of aryl methyl sites for hydroxylation is 1. The van der Waals surface area contributed by atoms with E-state index in [2.05, 4.69) is 0 Å². The van der Waals surface area contributed by atoms with Gasteiger partial charge in [-0.2, -0.15) is 0 Å². The van der Waals surface area contributed by atoms with Gasteiger partial charge in [-0.05, 0) is 20.8 Å². The van der Waals surface area contributed by atoms with Gasteiger partial charge in [0.2, 0.25) is 0 Å². The third-order valence-electron chi connectivity index (χ3n) is 2.75. The normalized spacial score (nSPS) is 27.1. The lowest BCUT2D eigenvalue weighted by molar-refractivity contribution is -0.113. The molecule has 1 aliphatic rings. The predicted octanol–water partition coefficient (Wildman–Crippen LogP) is 0.514. The molecule has 2 rings (SSSR count). The van der Waals surface area contributed by atoms with Crippen molar-refractivity contribution in [2.45, 2.75) is 38.6 Å². The zero-order chi connectivity index (χ0) is 12.1. The number of hydrogen-bond donors (Lipinski definition) is 2. The Balaban J connectivity index is 2.64. The molecular weight excluding hydrogens is 212 g/mol.